The molecule has 0 fully saturated rings. The van der Waals surface area contributed by atoms with Gasteiger partial charge in [-0.3, -0.25) is 14.5 Å². The Kier molecular flexibility index (Phi) is 4.22. The lowest BCUT2D eigenvalue weighted by Crippen LogP contribution is -2.35. The van der Waals surface area contributed by atoms with Crippen molar-refractivity contribution in [3.8, 4) is 0 Å². The van der Waals surface area contributed by atoms with Crippen molar-refractivity contribution in [2.45, 2.75) is 45.1 Å². The molecule has 2 aromatic heterocycles. The number of hydrogen-bond acceptors (Lipinski definition) is 3. The van der Waals surface area contributed by atoms with Crippen molar-refractivity contribution in [2.24, 2.45) is 7.05 Å². The first-order chi connectivity index (χ1) is 10.6. The number of carbonyl (C=O) groups excluding carboxylic acids is 1. The van der Waals surface area contributed by atoms with Gasteiger partial charge in [0.05, 0.1) is 0 Å². The van der Waals surface area contributed by atoms with Crippen LogP contribution in [0.15, 0.2) is 24.5 Å². The molecule has 5 nitrogen and oxygen atoms in total. The predicted octanol–water partition coefficient (Wildman–Crippen LogP) is 2.05. The van der Waals surface area contributed by atoms with Gasteiger partial charge in [-0.2, -0.15) is 5.10 Å². The number of aryl methyl sites for hydroxylation is 1. The molecule has 0 saturated carbocycles. The van der Waals surface area contributed by atoms with E-state index < -0.39 is 0 Å². The Morgan fingerprint density at radius 2 is 2.23 bits per heavy atom. The van der Waals surface area contributed by atoms with Gasteiger partial charge < -0.3 is 5.32 Å². The highest BCUT2D eigenvalue weighted by atomic mass is 16.2. The minimum Gasteiger partial charge on any atom is -0.348 e. The van der Waals surface area contributed by atoms with Crippen LogP contribution in [-0.4, -0.2) is 26.7 Å². The van der Waals surface area contributed by atoms with Gasteiger partial charge in [-0.15, -0.1) is 0 Å². The molecular formula is C17H22N4O. The van der Waals surface area contributed by atoms with E-state index in [1.165, 1.54) is 12.1 Å². The van der Waals surface area contributed by atoms with Crippen molar-refractivity contribution in [2.75, 3.05) is 0 Å². The van der Waals surface area contributed by atoms with Crippen LogP contribution in [0.3, 0.4) is 0 Å². The maximum absolute atomic E-state index is 12.5. The number of aromatic nitrogens is 3. The van der Waals surface area contributed by atoms with Crippen LogP contribution in [0.1, 0.15) is 47.1 Å². The fraction of sp³-hybridized carbons (Fsp3) is 0.471. The topological polar surface area (TPSA) is 59.8 Å². The summed E-state index contributed by atoms with van der Waals surface area (Å²) in [6.07, 6.45) is 8.68. The van der Waals surface area contributed by atoms with Gasteiger partial charge in [0.15, 0.2) is 5.69 Å². The molecule has 1 unspecified atom stereocenters. The summed E-state index contributed by atoms with van der Waals surface area (Å²) in [6, 6.07) is 4.00. The van der Waals surface area contributed by atoms with E-state index in [9.17, 15) is 4.79 Å². The van der Waals surface area contributed by atoms with Crippen molar-refractivity contribution in [3.63, 3.8) is 0 Å². The van der Waals surface area contributed by atoms with Gasteiger partial charge >= 0.3 is 0 Å². The minimum atomic E-state index is -0.0601. The molecule has 0 saturated heterocycles. The van der Waals surface area contributed by atoms with Gasteiger partial charge in [-0.05, 0) is 50.7 Å². The van der Waals surface area contributed by atoms with Crippen LogP contribution in [0.25, 0.3) is 0 Å². The Morgan fingerprint density at radius 3 is 3.00 bits per heavy atom. The summed E-state index contributed by atoms with van der Waals surface area (Å²) in [4.78, 5) is 16.6. The molecule has 0 bridgehead atoms. The standard InChI is InChI=1S/C17H22N4O/c1-12(10-13-6-5-9-18-11-13)19-17(22)16-14-7-3-4-8-15(14)21(2)20-16/h5-6,9,11-12H,3-4,7-8,10H2,1-2H3,(H,19,22). The third-order valence-electron chi connectivity index (χ3n) is 4.22. The second-order valence-electron chi connectivity index (χ2n) is 6.04. The third-order valence-corrected chi connectivity index (χ3v) is 4.22. The molecular weight excluding hydrogens is 276 g/mol. The van der Waals surface area contributed by atoms with E-state index in [1.807, 2.05) is 37.0 Å². The van der Waals surface area contributed by atoms with Gasteiger partial charge in [0.25, 0.3) is 5.91 Å². The number of nitrogens with one attached hydrogen (secondary N) is 1. The maximum Gasteiger partial charge on any atom is 0.272 e. The zero-order chi connectivity index (χ0) is 15.5. The molecule has 5 heteroatoms. The molecule has 22 heavy (non-hydrogen) atoms. The van der Waals surface area contributed by atoms with Crippen LogP contribution >= 0.6 is 0 Å². The van der Waals surface area contributed by atoms with Gasteiger partial charge in [-0.25, -0.2) is 0 Å². The summed E-state index contributed by atoms with van der Waals surface area (Å²) in [7, 11) is 1.93. The fourth-order valence-electron chi connectivity index (χ4n) is 3.17. The molecule has 1 N–H and O–H groups in total. The zero-order valence-electron chi connectivity index (χ0n) is 13.2. The molecule has 116 valence electrons. The lowest BCUT2D eigenvalue weighted by molar-refractivity contribution is 0.0933. The molecule has 0 spiro atoms. The van der Waals surface area contributed by atoms with Crippen LogP contribution in [0.4, 0.5) is 0 Å². The van der Waals surface area contributed by atoms with Crippen molar-refractivity contribution in [3.05, 3.63) is 47.0 Å². The average Bonchev–Trinajstić information content (AvgIpc) is 2.86. The predicted molar refractivity (Wildman–Crippen MR) is 84.7 cm³/mol. The Balaban J connectivity index is 1.69. The van der Waals surface area contributed by atoms with E-state index in [2.05, 4.69) is 15.4 Å². The van der Waals surface area contributed by atoms with Gasteiger partial charge in [-0.1, -0.05) is 6.07 Å². The average molecular weight is 298 g/mol. The minimum absolute atomic E-state index is 0.0537. The first-order valence-corrected chi connectivity index (χ1v) is 7.89. The van der Waals surface area contributed by atoms with Gasteiger partial charge in [0.1, 0.15) is 0 Å². The normalized spacial score (nSPS) is 15.2. The summed E-state index contributed by atoms with van der Waals surface area (Å²) >= 11 is 0. The smallest absolute Gasteiger partial charge is 0.272 e. The molecule has 1 atom stereocenters. The lowest BCUT2D eigenvalue weighted by atomic mass is 9.95. The highest BCUT2D eigenvalue weighted by Gasteiger charge is 2.24. The van der Waals surface area contributed by atoms with Gasteiger partial charge in [0, 0.05) is 36.7 Å². The molecule has 0 aromatic carbocycles. The number of hydrogen-bond donors (Lipinski definition) is 1. The third kappa shape index (κ3) is 3.03. The van der Waals surface area contributed by atoms with E-state index in [1.54, 1.807) is 6.20 Å². The number of carbonyl (C=O) groups is 1. The van der Waals surface area contributed by atoms with Crippen molar-refractivity contribution >= 4 is 5.91 Å². The van der Waals surface area contributed by atoms with Crippen LogP contribution in [0.2, 0.25) is 0 Å². The van der Waals surface area contributed by atoms with Gasteiger partial charge in [0.2, 0.25) is 0 Å². The SMILES string of the molecule is CC(Cc1cccnc1)NC(=O)c1nn(C)c2c1CCCC2. The molecule has 1 aliphatic rings. The first-order valence-electron chi connectivity index (χ1n) is 7.89. The van der Waals surface area contributed by atoms with E-state index in [4.69, 9.17) is 0 Å². The summed E-state index contributed by atoms with van der Waals surface area (Å²) in [6.45, 7) is 2.01. The number of rotatable bonds is 4. The summed E-state index contributed by atoms with van der Waals surface area (Å²) in [5.41, 5.74) is 4.09. The number of amides is 1. The van der Waals surface area contributed by atoms with E-state index in [0.717, 1.165) is 36.8 Å². The van der Waals surface area contributed by atoms with Crippen molar-refractivity contribution in [1.29, 1.82) is 0 Å². The Labute approximate surface area is 130 Å². The monoisotopic (exact) mass is 298 g/mol. The van der Waals surface area contributed by atoms with Crippen LogP contribution < -0.4 is 5.32 Å². The second-order valence-corrected chi connectivity index (χ2v) is 6.04. The molecule has 0 radical (unpaired) electrons. The maximum atomic E-state index is 12.5. The Morgan fingerprint density at radius 1 is 1.41 bits per heavy atom. The molecule has 2 heterocycles. The largest absolute Gasteiger partial charge is 0.348 e. The Hall–Kier alpha value is -2.17. The van der Waals surface area contributed by atoms with E-state index in [-0.39, 0.29) is 11.9 Å². The summed E-state index contributed by atoms with van der Waals surface area (Å²) in [5.74, 6) is -0.0601. The molecule has 1 amide bonds. The number of nitrogens with zero attached hydrogens (tertiary/aromatic N) is 3. The van der Waals surface area contributed by atoms with Crippen LogP contribution in [-0.2, 0) is 26.3 Å². The highest BCUT2D eigenvalue weighted by Crippen LogP contribution is 2.23. The molecule has 2 aromatic rings. The molecule has 3 rings (SSSR count). The zero-order valence-corrected chi connectivity index (χ0v) is 13.2. The first kappa shape index (κ1) is 14.8. The fourth-order valence-corrected chi connectivity index (χ4v) is 3.17. The van der Waals surface area contributed by atoms with Crippen molar-refractivity contribution < 1.29 is 4.79 Å². The molecule has 0 aliphatic heterocycles. The summed E-state index contributed by atoms with van der Waals surface area (Å²) < 4.78 is 1.87. The van der Waals surface area contributed by atoms with Crippen LogP contribution in [0, 0.1) is 0 Å². The number of pyridine rings is 1. The number of fused-ring (bicyclic) bond motifs is 1. The Bertz CT molecular complexity index is 663. The van der Waals surface area contributed by atoms with E-state index >= 15 is 0 Å². The van der Waals surface area contributed by atoms with Crippen molar-refractivity contribution in [1.82, 2.24) is 20.1 Å². The molecule has 1 aliphatic carbocycles. The highest BCUT2D eigenvalue weighted by molar-refractivity contribution is 5.94. The lowest BCUT2D eigenvalue weighted by Gasteiger charge is -2.15. The quantitative estimate of drug-likeness (QED) is 0.940. The second kappa shape index (κ2) is 6.30. The van der Waals surface area contributed by atoms with E-state index in [0.29, 0.717) is 5.69 Å². The summed E-state index contributed by atoms with van der Waals surface area (Å²) in [5, 5.41) is 7.51. The van der Waals surface area contributed by atoms with Crippen LogP contribution in [0.5, 0.6) is 0 Å².